The molecule has 0 spiro atoms. The van der Waals surface area contributed by atoms with Gasteiger partial charge in [-0.1, -0.05) is 18.2 Å². The van der Waals surface area contributed by atoms with Gasteiger partial charge in [-0.05, 0) is 42.5 Å². The highest BCUT2D eigenvalue weighted by Crippen LogP contribution is 2.35. The van der Waals surface area contributed by atoms with E-state index < -0.39 is 11.8 Å². The van der Waals surface area contributed by atoms with Crippen LogP contribution in [0.4, 0.5) is 4.39 Å². The fourth-order valence-electron chi connectivity index (χ4n) is 3.09. The average Bonchev–Trinajstić information content (AvgIpc) is 3.09. The van der Waals surface area contributed by atoms with E-state index in [0.29, 0.717) is 17.1 Å². The summed E-state index contributed by atoms with van der Waals surface area (Å²) in [7, 11) is 2.96. The molecule has 31 heavy (non-hydrogen) atoms. The van der Waals surface area contributed by atoms with E-state index in [1.807, 2.05) is 0 Å². The molecule has 3 aromatic rings. The Bertz CT molecular complexity index is 1210. The van der Waals surface area contributed by atoms with Crippen molar-refractivity contribution >= 4 is 17.8 Å². The van der Waals surface area contributed by atoms with Gasteiger partial charge in [-0.25, -0.2) is 9.18 Å². The number of ketones is 1. The Morgan fingerprint density at radius 1 is 0.968 bits per heavy atom. The van der Waals surface area contributed by atoms with Crippen molar-refractivity contribution in [3.63, 3.8) is 0 Å². The van der Waals surface area contributed by atoms with E-state index in [1.54, 1.807) is 24.3 Å². The van der Waals surface area contributed by atoms with Crippen LogP contribution in [0.2, 0.25) is 0 Å². The van der Waals surface area contributed by atoms with Crippen LogP contribution in [0.25, 0.3) is 6.08 Å². The Morgan fingerprint density at radius 3 is 2.48 bits per heavy atom. The molecule has 0 N–H and O–H groups in total. The summed E-state index contributed by atoms with van der Waals surface area (Å²) >= 11 is 0. The van der Waals surface area contributed by atoms with E-state index in [1.165, 1.54) is 56.7 Å². The number of fused-ring (bicyclic) bond motifs is 1. The Morgan fingerprint density at radius 2 is 1.74 bits per heavy atom. The molecule has 156 valence electrons. The third-order valence-corrected chi connectivity index (χ3v) is 4.66. The number of carbonyl (C=O) groups is 2. The number of esters is 1. The van der Waals surface area contributed by atoms with Crippen molar-refractivity contribution in [2.75, 3.05) is 14.2 Å². The van der Waals surface area contributed by atoms with Crippen molar-refractivity contribution in [2.45, 2.75) is 0 Å². The van der Waals surface area contributed by atoms with Crippen LogP contribution in [0.3, 0.4) is 0 Å². The molecular formula is C24H17FO6. The van der Waals surface area contributed by atoms with Gasteiger partial charge < -0.3 is 18.9 Å². The van der Waals surface area contributed by atoms with Crippen LogP contribution in [0.1, 0.15) is 26.3 Å². The minimum Gasteiger partial charge on any atom is -0.493 e. The van der Waals surface area contributed by atoms with Gasteiger partial charge >= 0.3 is 5.97 Å². The number of benzene rings is 3. The van der Waals surface area contributed by atoms with Gasteiger partial charge in [-0.15, -0.1) is 0 Å². The second-order valence-electron chi connectivity index (χ2n) is 6.58. The summed E-state index contributed by atoms with van der Waals surface area (Å²) in [5.41, 5.74) is 0.794. The number of methoxy groups -OCH3 is 2. The summed E-state index contributed by atoms with van der Waals surface area (Å²) in [6, 6.07) is 15.1. The topological polar surface area (TPSA) is 71.1 Å². The normalized spacial score (nSPS) is 13.5. The maximum Gasteiger partial charge on any atom is 0.343 e. The van der Waals surface area contributed by atoms with Crippen LogP contribution in [0, 0.1) is 5.82 Å². The monoisotopic (exact) mass is 420 g/mol. The van der Waals surface area contributed by atoms with E-state index >= 15 is 0 Å². The first-order valence-electron chi connectivity index (χ1n) is 9.27. The Balaban J connectivity index is 1.55. The van der Waals surface area contributed by atoms with Crippen molar-refractivity contribution < 1.29 is 32.9 Å². The molecule has 7 heteroatoms. The van der Waals surface area contributed by atoms with Gasteiger partial charge in [0.2, 0.25) is 5.78 Å². The Kier molecular flexibility index (Phi) is 5.41. The van der Waals surface area contributed by atoms with E-state index in [4.69, 9.17) is 18.9 Å². The van der Waals surface area contributed by atoms with Gasteiger partial charge in [0.25, 0.3) is 0 Å². The van der Waals surface area contributed by atoms with Crippen LogP contribution in [-0.4, -0.2) is 26.0 Å². The van der Waals surface area contributed by atoms with Crippen LogP contribution >= 0.6 is 0 Å². The van der Waals surface area contributed by atoms with Gasteiger partial charge in [0, 0.05) is 11.6 Å². The molecule has 0 fully saturated rings. The first-order valence-corrected chi connectivity index (χ1v) is 9.27. The van der Waals surface area contributed by atoms with Crippen molar-refractivity contribution in [1.82, 2.24) is 0 Å². The number of Topliss-reactive ketones (excluding diaryl/α,β-unsaturated/α-hetero) is 1. The van der Waals surface area contributed by atoms with Crippen LogP contribution < -0.4 is 18.9 Å². The van der Waals surface area contributed by atoms with Gasteiger partial charge in [-0.3, -0.25) is 4.79 Å². The van der Waals surface area contributed by atoms with Crippen molar-refractivity contribution in [3.8, 4) is 23.0 Å². The molecule has 1 aliphatic rings. The molecule has 0 saturated carbocycles. The lowest BCUT2D eigenvalue weighted by molar-refractivity contribution is 0.0734. The molecule has 1 heterocycles. The molecule has 0 saturated heterocycles. The van der Waals surface area contributed by atoms with E-state index in [0.717, 1.165) is 0 Å². The number of carbonyl (C=O) groups excluding carboxylic acids is 2. The molecule has 0 bridgehead atoms. The van der Waals surface area contributed by atoms with Gasteiger partial charge in [-0.2, -0.15) is 0 Å². The lowest BCUT2D eigenvalue weighted by Crippen LogP contribution is -2.09. The summed E-state index contributed by atoms with van der Waals surface area (Å²) in [5.74, 6) is -0.178. The number of ether oxygens (including phenoxy) is 4. The molecule has 3 aromatic carbocycles. The molecule has 0 unspecified atom stereocenters. The number of halogens is 1. The van der Waals surface area contributed by atoms with E-state index in [-0.39, 0.29) is 34.2 Å². The van der Waals surface area contributed by atoms with Crippen molar-refractivity contribution in [1.29, 1.82) is 0 Å². The largest absolute Gasteiger partial charge is 0.493 e. The third-order valence-electron chi connectivity index (χ3n) is 4.66. The van der Waals surface area contributed by atoms with E-state index in [9.17, 15) is 14.0 Å². The summed E-state index contributed by atoms with van der Waals surface area (Å²) in [4.78, 5) is 25.1. The second-order valence-corrected chi connectivity index (χ2v) is 6.58. The van der Waals surface area contributed by atoms with Crippen molar-refractivity contribution in [2.24, 2.45) is 0 Å². The third kappa shape index (κ3) is 3.98. The Labute approximate surface area is 177 Å². The standard InChI is InChI=1S/C24H17FO6/c1-28-19-10-7-15(12-21(19)29-2)24(27)30-16-8-9-17-20(13-16)31-22(23(17)26)11-14-5-3-4-6-18(14)25/h3-13H,1-2H3. The molecule has 0 amide bonds. The first-order chi connectivity index (χ1) is 15.0. The Hall–Kier alpha value is -4.13. The molecule has 4 rings (SSSR count). The maximum absolute atomic E-state index is 13.9. The number of hydrogen-bond donors (Lipinski definition) is 0. The molecule has 6 nitrogen and oxygen atoms in total. The smallest absolute Gasteiger partial charge is 0.343 e. The lowest BCUT2D eigenvalue weighted by atomic mass is 10.1. The van der Waals surface area contributed by atoms with Crippen LogP contribution in [0.15, 0.2) is 66.4 Å². The zero-order chi connectivity index (χ0) is 22.0. The zero-order valence-electron chi connectivity index (χ0n) is 16.7. The summed E-state index contributed by atoms with van der Waals surface area (Å²) in [6.07, 6.45) is 1.34. The average molecular weight is 420 g/mol. The fraction of sp³-hybridized carbons (Fsp3) is 0.0833. The highest BCUT2D eigenvalue weighted by molar-refractivity contribution is 6.14. The van der Waals surface area contributed by atoms with Crippen LogP contribution in [0.5, 0.6) is 23.0 Å². The predicted octanol–water partition coefficient (Wildman–Crippen LogP) is 4.68. The molecule has 0 radical (unpaired) electrons. The molecular weight excluding hydrogens is 403 g/mol. The minimum absolute atomic E-state index is 0.0107. The number of hydrogen-bond acceptors (Lipinski definition) is 6. The molecule has 0 aliphatic carbocycles. The second kappa shape index (κ2) is 8.31. The van der Waals surface area contributed by atoms with Crippen molar-refractivity contribution in [3.05, 3.63) is 88.9 Å². The summed E-state index contributed by atoms with van der Waals surface area (Å²) in [6.45, 7) is 0. The number of allylic oxidation sites excluding steroid dienone is 1. The summed E-state index contributed by atoms with van der Waals surface area (Å²) in [5, 5.41) is 0. The lowest BCUT2D eigenvalue weighted by Gasteiger charge is -2.10. The van der Waals surface area contributed by atoms with Gasteiger partial charge in [0.15, 0.2) is 17.3 Å². The summed E-state index contributed by atoms with van der Waals surface area (Å²) < 4.78 is 35.2. The first kappa shape index (κ1) is 20.2. The highest BCUT2D eigenvalue weighted by Gasteiger charge is 2.28. The quantitative estimate of drug-likeness (QED) is 0.339. The van der Waals surface area contributed by atoms with Crippen LogP contribution in [-0.2, 0) is 0 Å². The van der Waals surface area contributed by atoms with E-state index in [2.05, 4.69) is 0 Å². The molecule has 0 atom stereocenters. The molecule has 0 aromatic heterocycles. The van der Waals surface area contributed by atoms with Gasteiger partial charge in [0.05, 0.1) is 25.3 Å². The number of rotatable bonds is 5. The van der Waals surface area contributed by atoms with Gasteiger partial charge in [0.1, 0.15) is 17.3 Å². The fourth-order valence-corrected chi connectivity index (χ4v) is 3.09. The minimum atomic E-state index is -0.618. The molecule has 1 aliphatic heterocycles. The highest BCUT2D eigenvalue weighted by atomic mass is 19.1. The maximum atomic E-state index is 13.9. The zero-order valence-corrected chi connectivity index (χ0v) is 16.7. The SMILES string of the molecule is COc1ccc(C(=O)Oc2ccc3c(c2)OC(=Cc2ccccc2F)C3=O)cc1OC. The predicted molar refractivity (Wildman–Crippen MR) is 110 cm³/mol.